The Kier molecular flexibility index (Phi) is 3.95. The summed E-state index contributed by atoms with van der Waals surface area (Å²) in [6, 6.07) is 5.02. The van der Waals surface area contributed by atoms with Gasteiger partial charge in [-0.15, -0.1) is 0 Å². The lowest BCUT2D eigenvalue weighted by Gasteiger charge is -2.56. The highest BCUT2D eigenvalue weighted by atomic mass is 16.6. The molecule has 5 aliphatic rings. The lowest BCUT2D eigenvalue weighted by molar-refractivity contribution is -0.152. The molecule has 0 radical (unpaired) electrons. The molecule has 1 unspecified atom stereocenters. The van der Waals surface area contributed by atoms with Crippen LogP contribution in [-0.4, -0.2) is 31.1 Å². The van der Waals surface area contributed by atoms with E-state index in [1.165, 1.54) is 19.3 Å². The van der Waals surface area contributed by atoms with Crippen molar-refractivity contribution >= 4 is 11.8 Å². The standard InChI is InChI=1S/C22H26O5/c1-13(20(23)22-10-14-6-15(11-22)8-16(7-14)12-22)27-21(24)17-2-3-18-19(9-17)26-5-4-25-18/h2-3,9,13-16H,4-8,10-12H2,1H3. The van der Waals surface area contributed by atoms with Gasteiger partial charge in [0.15, 0.2) is 23.4 Å². The van der Waals surface area contributed by atoms with Crippen molar-refractivity contribution in [1.82, 2.24) is 0 Å². The first-order valence-electron chi connectivity index (χ1n) is 10.2. The van der Waals surface area contributed by atoms with Crippen molar-refractivity contribution < 1.29 is 23.8 Å². The molecule has 0 spiro atoms. The molecule has 4 saturated carbocycles. The number of hydrogen-bond acceptors (Lipinski definition) is 5. The highest BCUT2D eigenvalue weighted by Gasteiger charge is 2.55. The van der Waals surface area contributed by atoms with Crippen LogP contribution in [0.15, 0.2) is 18.2 Å². The predicted octanol–water partition coefficient (Wildman–Crippen LogP) is 3.79. The van der Waals surface area contributed by atoms with Gasteiger partial charge in [-0.25, -0.2) is 4.79 Å². The predicted molar refractivity (Wildman–Crippen MR) is 97.9 cm³/mol. The number of rotatable bonds is 4. The molecule has 6 rings (SSSR count). The van der Waals surface area contributed by atoms with Crippen molar-refractivity contribution in [3.05, 3.63) is 23.8 Å². The molecule has 5 heteroatoms. The van der Waals surface area contributed by atoms with Gasteiger partial charge in [0.25, 0.3) is 0 Å². The second-order valence-electron chi connectivity index (χ2n) is 8.97. The zero-order valence-electron chi connectivity index (χ0n) is 15.7. The SMILES string of the molecule is CC(OC(=O)c1ccc2c(c1)OCCO2)C(=O)C12CC3CC(CC(C3)C1)C2. The highest BCUT2D eigenvalue weighted by molar-refractivity contribution is 5.95. The van der Waals surface area contributed by atoms with Crippen LogP contribution in [0.1, 0.15) is 55.8 Å². The van der Waals surface area contributed by atoms with Gasteiger partial charge in [-0.2, -0.15) is 0 Å². The van der Waals surface area contributed by atoms with Crippen molar-refractivity contribution in [2.75, 3.05) is 13.2 Å². The monoisotopic (exact) mass is 370 g/mol. The van der Waals surface area contributed by atoms with Crippen molar-refractivity contribution in [2.45, 2.75) is 51.6 Å². The molecule has 4 aliphatic carbocycles. The largest absolute Gasteiger partial charge is 0.486 e. The summed E-state index contributed by atoms with van der Waals surface area (Å²) in [5.74, 6) is 2.93. The molecule has 4 fully saturated rings. The van der Waals surface area contributed by atoms with Gasteiger partial charge in [-0.05, 0) is 81.4 Å². The maximum absolute atomic E-state index is 13.3. The molecule has 0 N–H and O–H groups in total. The van der Waals surface area contributed by atoms with E-state index in [2.05, 4.69) is 0 Å². The summed E-state index contributed by atoms with van der Waals surface area (Å²) in [6.45, 7) is 2.71. The average molecular weight is 370 g/mol. The number of benzene rings is 1. The van der Waals surface area contributed by atoms with E-state index >= 15 is 0 Å². The topological polar surface area (TPSA) is 61.8 Å². The molecule has 144 valence electrons. The Bertz CT molecular complexity index is 748. The fourth-order valence-electron chi connectivity index (χ4n) is 6.30. The third kappa shape index (κ3) is 2.91. The summed E-state index contributed by atoms with van der Waals surface area (Å²) < 4.78 is 16.6. The van der Waals surface area contributed by atoms with Gasteiger partial charge < -0.3 is 14.2 Å². The fraction of sp³-hybridized carbons (Fsp3) is 0.636. The number of ether oxygens (including phenoxy) is 3. The fourth-order valence-corrected chi connectivity index (χ4v) is 6.30. The van der Waals surface area contributed by atoms with E-state index in [-0.39, 0.29) is 11.2 Å². The zero-order chi connectivity index (χ0) is 18.6. The van der Waals surface area contributed by atoms with Crippen molar-refractivity contribution in [1.29, 1.82) is 0 Å². The lowest BCUT2D eigenvalue weighted by atomic mass is 9.48. The highest BCUT2D eigenvalue weighted by Crippen LogP contribution is 2.60. The van der Waals surface area contributed by atoms with Crippen LogP contribution in [0.4, 0.5) is 0 Å². The Hall–Kier alpha value is -2.04. The van der Waals surface area contributed by atoms with Gasteiger partial charge in [0.2, 0.25) is 0 Å². The third-order valence-corrected chi connectivity index (χ3v) is 6.99. The normalized spacial score (nSPS) is 34.2. The quantitative estimate of drug-likeness (QED) is 0.755. The minimum absolute atomic E-state index is 0.132. The Morgan fingerprint density at radius 3 is 2.22 bits per heavy atom. The van der Waals surface area contributed by atoms with Gasteiger partial charge in [0, 0.05) is 5.41 Å². The number of hydrogen-bond donors (Lipinski definition) is 0. The van der Waals surface area contributed by atoms with Crippen LogP contribution in [0.25, 0.3) is 0 Å². The van der Waals surface area contributed by atoms with Gasteiger partial charge in [0.1, 0.15) is 13.2 Å². The van der Waals surface area contributed by atoms with Crippen molar-refractivity contribution in [2.24, 2.45) is 23.2 Å². The molecular weight excluding hydrogens is 344 g/mol. The Morgan fingerprint density at radius 2 is 1.59 bits per heavy atom. The first-order chi connectivity index (χ1) is 13.0. The summed E-state index contributed by atoms with van der Waals surface area (Å²) in [5.41, 5.74) is 0.144. The third-order valence-electron chi connectivity index (χ3n) is 6.99. The van der Waals surface area contributed by atoms with E-state index in [1.807, 2.05) is 0 Å². The van der Waals surface area contributed by atoms with Gasteiger partial charge in [0.05, 0.1) is 5.56 Å². The van der Waals surface area contributed by atoms with E-state index < -0.39 is 12.1 Å². The molecule has 0 aromatic heterocycles. The van der Waals surface area contributed by atoms with Crippen molar-refractivity contribution in [3.63, 3.8) is 0 Å². The molecule has 5 nitrogen and oxygen atoms in total. The summed E-state index contributed by atoms with van der Waals surface area (Å²) in [7, 11) is 0. The van der Waals surface area contributed by atoms with Crippen LogP contribution < -0.4 is 9.47 Å². The second kappa shape index (κ2) is 6.25. The lowest BCUT2D eigenvalue weighted by Crippen LogP contribution is -2.52. The van der Waals surface area contributed by atoms with Crippen LogP contribution in [0.2, 0.25) is 0 Å². The van der Waals surface area contributed by atoms with Crippen LogP contribution in [-0.2, 0) is 9.53 Å². The first kappa shape index (κ1) is 17.1. The van der Waals surface area contributed by atoms with E-state index in [0.29, 0.717) is 48.0 Å². The zero-order valence-corrected chi connectivity index (χ0v) is 15.7. The van der Waals surface area contributed by atoms with Crippen LogP contribution >= 0.6 is 0 Å². The Labute approximate surface area is 159 Å². The van der Waals surface area contributed by atoms with E-state index in [9.17, 15) is 9.59 Å². The number of carbonyl (C=O) groups is 2. The molecular formula is C22H26O5. The minimum Gasteiger partial charge on any atom is -0.486 e. The molecule has 1 aliphatic heterocycles. The summed E-state index contributed by atoms with van der Waals surface area (Å²) in [5, 5.41) is 0. The number of carbonyl (C=O) groups excluding carboxylic acids is 2. The van der Waals surface area contributed by atoms with Gasteiger partial charge in [-0.1, -0.05) is 0 Å². The molecule has 1 atom stereocenters. The van der Waals surface area contributed by atoms with Gasteiger partial charge >= 0.3 is 5.97 Å². The number of ketones is 1. The van der Waals surface area contributed by atoms with Crippen molar-refractivity contribution in [3.8, 4) is 11.5 Å². The summed E-state index contributed by atoms with van der Waals surface area (Å²) in [4.78, 5) is 25.9. The Morgan fingerprint density at radius 1 is 1.00 bits per heavy atom. The second-order valence-corrected chi connectivity index (χ2v) is 8.97. The van der Waals surface area contributed by atoms with Crippen LogP contribution in [0, 0.1) is 23.2 Å². The molecule has 1 heterocycles. The first-order valence-corrected chi connectivity index (χ1v) is 10.2. The smallest absolute Gasteiger partial charge is 0.338 e. The number of Topliss-reactive ketones (excluding diaryl/α,β-unsaturated/α-hetero) is 1. The van der Waals surface area contributed by atoms with Crippen LogP contribution in [0.5, 0.6) is 11.5 Å². The Balaban J connectivity index is 1.29. The molecule has 27 heavy (non-hydrogen) atoms. The maximum Gasteiger partial charge on any atom is 0.338 e. The molecule has 0 amide bonds. The molecule has 1 aromatic rings. The maximum atomic E-state index is 13.3. The molecule has 1 aromatic carbocycles. The van der Waals surface area contributed by atoms with E-state index in [1.54, 1.807) is 25.1 Å². The van der Waals surface area contributed by atoms with E-state index in [0.717, 1.165) is 19.3 Å². The molecule has 4 bridgehead atoms. The minimum atomic E-state index is -0.707. The van der Waals surface area contributed by atoms with E-state index in [4.69, 9.17) is 14.2 Å². The number of fused-ring (bicyclic) bond motifs is 1. The summed E-state index contributed by atoms with van der Waals surface area (Å²) in [6.07, 6.45) is 6.13. The average Bonchev–Trinajstić information content (AvgIpc) is 2.65. The van der Waals surface area contributed by atoms with Crippen LogP contribution in [0.3, 0.4) is 0 Å². The number of esters is 1. The summed E-state index contributed by atoms with van der Waals surface area (Å²) >= 11 is 0. The molecule has 0 saturated heterocycles. The van der Waals surface area contributed by atoms with Gasteiger partial charge in [-0.3, -0.25) is 4.79 Å².